The summed E-state index contributed by atoms with van der Waals surface area (Å²) in [7, 11) is 0. The van der Waals surface area contributed by atoms with Crippen LogP contribution in [0, 0.1) is 12.8 Å². The van der Waals surface area contributed by atoms with E-state index in [2.05, 4.69) is 25.2 Å². The van der Waals surface area contributed by atoms with Crippen molar-refractivity contribution in [1.29, 1.82) is 0 Å². The van der Waals surface area contributed by atoms with Crippen LogP contribution in [0.5, 0.6) is 0 Å². The molecule has 0 bridgehead atoms. The van der Waals surface area contributed by atoms with Crippen LogP contribution in [-0.2, 0) is 0 Å². The highest BCUT2D eigenvalue weighted by molar-refractivity contribution is 5.76. The molecule has 1 unspecified atom stereocenters. The lowest BCUT2D eigenvalue weighted by Crippen LogP contribution is -2.43. The van der Waals surface area contributed by atoms with E-state index in [0.717, 1.165) is 25.1 Å². The van der Waals surface area contributed by atoms with Crippen molar-refractivity contribution in [3.8, 4) is 0 Å². The number of rotatable bonds is 2. The Morgan fingerprint density at radius 3 is 2.95 bits per heavy atom. The monoisotopic (exact) mass is 258 g/mol. The summed E-state index contributed by atoms with van der Waals surface area (Å²) in [5, 5.41) is 2.86. The largest absolute Gasteiger partial charge is 0.324 e. The van der Waals surface area contributed by atoms with E-state index in [9.17, 15) is 4.79 Å². The maximum Gasteiger partial charge on any atom is 0.321 e. The van der Waals surface area contributed by atoms with Crippen LogP contribution in [0.2, 0.25) is 0 Å². The molecule has 0 saturated carbocycles. The topological polar surface area (TPSA) is 32.3 Å². The first-order valence-electron chi connectivity index (χ1n) is 6.94. The number of nitrogens with zero attached hydrogens (tertiary/aromatic N) is 1. The molecule has 0 radical (unpaired) electrons. The van der Waals surface area contributed by atoms with E-state index in [0.29, 0.717) is 5.92 Å². The van der Waals surface area contributed by atoms with Crippen LogP contribution in [0.1, 0.15) is 30.9 Å². The molecular weight excluding hydrogens is 236 g/mol. The van der Waals surface area contributed by atoms with Gasteiger partial charge in [0.25, 0.3) is 0 Å². The van der Waals surface area contributed by atoms with Gasteiger partial charge in [-0.15, -0.1) is 0 Å². The van der Waals surface area contributed by atoms with Gasteiger partial charge in [-0.1, -0.05) is 31.2 Å². The van der Waals surface area contributed by atoms with Crippen LogP contribution in [0.25, 0.3) is 6.08 Å². The second-order valence-electron chi connectivity index (χ2n) is 5.33. The number of hydrogen-bond donors (Lipinski definition) is 1. The van der Waals surface area contributed by atoms with Gasteiger partial charge < -0.3 is 10.2 Å². The van der Waals surface area contributed by atoms with Gasteiger partial charge in [0.2, 0.25) is 0 Å². The van der Waals surface area contributed by atoms with Crippen LogP contribution in [0.15, 0.2) is 30.5 Å². The Bertz CT molecular complexity index is 468. The zero-order valence-electron chi connectivity index (χ0n) is 11.7. The molecular formula is C16H22N2O. The van der Waals surface area contributed by atoms with E-state index in [1.807, 2.05) is 29.2 Å². The van der Waals surface area contributed by atoms with Gasteiger partial charge >= 0.3 is 6.03 Å². The molecule has 1 heterocycles. The summed E-state index contributed by atoms with van der Waals surface area (Å²) in [4.78, 5) is 13.9. The standard InChI is InChI=1S/C16H22N2O/c1-13-6-5-11-18(12-13)16(19)17-10-9-15-8-4-3-7-14(15)2/h3-4,7-10,13H,5-6,11-12H2,1-2H3,(H,17,19)/b10-9+. The third-order valence-corrected chi connectivity index (χ3v) is 3.60. The lowest BCUT2D eigenvalue weighted by Gasteiger charge is -2.30. The summed E-state index contributed by atoms with van der Waals surface area (Å²) in [6.07, 6.45) is 6.02. The molecule has 1 aliphatic rings. The van der Waals surface area contributed by atoms with Crippen molar-refractivity contribution >= 4 is 12.1 Å². The molecule has 19 heavy (non-hydrogen) atoms. The van der Waals surface area contributed by atoms with Crippen molar-refractivity contribution in [2.24, 2.45) is 5.92 Å². The molecule has 2 amide bonds. The van der Waals surface area contributed by atoms with Crippen molar-refractivity contribution in [2.45, 2.75) is 26.7 Å². The van der Waals surface area contributed by atoms with Crippen molar-refractivity contribution in [2.75, 3.05) is 13.1 Å². The average Bonchev–Trinajstić information content (AvgIpc) is 2.41. The Labute approximate surface area is 115 Å². The minimum atomic E-state index is 0.0105. The number of aryl methyl sites for hydroxylation is 1. The Kier molecular flexibility index (Phi) is 4.61. The van der Waals surface area contributed by atoms with Gasteiger partial charge in [0.05, 0.1) is 0 Å². The Morgan fingerprint density at radius 1 is 1.42 bits per heavy atom. The molecule has 1 fully saturated rings. The molecule has 2 rings (SSSR count). The zero-order valence-corrected chi connectivity index (χ0v) is 11.7. The van der Waals surface area contributed by atoms with Crippen molar-refractivity contribution in [1.82, 2.24) is 10.2 Å². The van der Waals surface area contributed by atoms with Crippen LogP contribution in [0.3, 0.4) is 0 Å². The van der Waals surface area contributed by atoms with Crippen molar-refractivity contribution in [3.05, 3.63) is 41.6 Å². The fraction of sp³-hybridized carbons (Fsp3) is 0.438. The maximum atomic E-state index is 12.0. The van der Waals surface area contributed by atoms with Crippen LogP contribution in [0.4, 0.5) is 4.79 Å². The van der Waals surface area contributed by atoms with E-state index in [4.69, 9.17) is 0 Å². The molecule has 0 aliphatic carbocycles. The highest BCUT2D eigenvalue weighted by atomic mass is 16.2. The number of benzene rings is 1. The SMILES string of the molecule is Cc1ccccc1/C=C/NC(=O)N1CCCC(C)C1. The molecule has 1 atom stereocenters. The molecule has 1 aliphatic heterocycles. The summed E-state index contributed by atoms with van der Waals surface area (Å²) >= 11 is 0. The molecule has 0 aromatic heterocycles. The number of amides is 2. The summed E-state index contributed by atoms with van der Waals surface area (Å²) < 4.78 is 0. The fourth-order valence-electron chi connectivity index (χ4n) is 2.44. The zero-order chi connectivity index (χ0) is 13.7. The number of likely N-dealkylation sites (tertiary alicyclic amines) is 1. The Balaban J connectivity index is 1.88. The molecule has 1 aromatic rings. The van der Waals surface area contributed by atoms with E-state index < -0.39 is 0 Å². The third kappa shape index (κ3) is 3.85. The fourth-order valence-corrected chi connectivity index (χ4v) is 2.44. The lowest BCUT2D eigenvalue weighted by molar-refractivity contribution is 0.173. The first-order chi connectivity index (χ1) is 9.16. The number of carbonyl (C=O) groups excluding carboxylic acids is 1. The van der Waals surface area contributed by atoms with Crippen LogP contribution in [-0.4, -0.2) is 24.0 Å². The van der Waals surface area contributed by atoms with Gasteiger partial charge in [-0.3, -0.25) is 0 Å². The molecule has 1 saturated heterocycles. The summed E-state index contributed by atoms with van der Waals surface area (Å²) in [5.41, 5.74) is 2.34. The lowest BCUT2D eigenvalue weighted by atomic mass is 10.0. The molecule has 3 nitrogen and oxygen atoms in total. The second-order valence-corrected chi connectivity index (χ2v) is 5.33. The van der Waals surface area contributed by atoms with Gasteiger partial charge in [0.15, 0.2) is 0 Å². The first-order valence-corrected chi connectivity index (χ1v) is 6.94. The quantitative estimate of drug-likeness (QED) is 0.866. The Morgan fingerprint density at radius 2 is 2.21 bits per heavy atom. The number of carbonyl (C=O) groups is 1. The van der Waals surface area contributed by atoms with E-state index >= 15 is 0 Å². The van der Waals surface area contributed by atoms with Gasteiger partial charge in [-0.2, -0.15) is 0 Å². The molecule has 102 valence electrons. The number of urea groups is 1. The van der Waals surface area contributed by atoms with Crippen molar-refractivity contribution < 1.29 is 4.79 Å². The third-order valence-electron chi connectivity index (χ3n) is 3.60. The summed E-state index contributed by atoms with van der Waals surface area (Å²) in [6, 6.07) is 8.13. The van der Waals surface area contributed by atoms with E-state index in [-0.39, 0.29) is 6.03 Å². The molecule has 3 heteroatoms. The highest BCUT2D eigenvalue weighted by Gasteiger charge is 2.19. The van der Waals surface area contributed by atoms with E-state index in [1.54, 1.807) is 6.20 Å². The maximum absolute atomic E-state index is 12.0. The summed E-state index contributed by atoms with van der Waals surface area (Å²) in [5.74, 6) is 0.611. The predicted octanol–water partition coefficient (Wildman–Crippen LogP) is 3.41. The van der Waals surface area contributed by atoms with Gasteiger partial charge in [0, 0.05) is 19.3 Å². The smallest absolute Gasteiger partial charge is 0.321 e. The highest BCUT2D eigenvalue weighted by Crippen LogP contribution is 2.15. The molecule has 1 N–H and O–H groups in total. The van der Waals surface area contributed by atoms with Crippen LogP contribution < -0.4 is 5.32 Å². The minimum absolute atomic E-state index is 0.0105. The number of piperidine rings is 1. The van der Waals surface area contributed by atoms with Crippen molar-refractivity contribution in [3.63, 3.8) is 0 Å². The minimum Gasteiger partial charge on any atom is -0.324 e. The summed E-state index contributed by atoms with van der Waals surface area (Å²) in [6.45, 7) is 5.99. The molecule has 1 aromatic carbocycles. The second kappa shape index (κ2) is 6.41. The van der Waals surface area contributed by atoms with Gasteiger partial charge in [-0.25, -0.2) is 4.79 Å². The normalized spacial score (nSPS) is 19.7. The predicted molar refractivity (Wildman–Crippen MR) is 78.7 cm³/mol. The number of hydrogen-bond acceptors (Lipinski definition) is 1. The average molecular weight is 258 g/mol. The first kappa shape index (κ1) is 13.7. The number of nitrogens with one attached hydrogen (secondary N) is 1. The van der Waals surface area contributed by atoms with E-state index in [1.165, 1.54) is 12.0 Å². The van der Waals surface area contributed by atoms with Crippen LogP contribution >= 0.6 is 0 Å². The van der Waals surface area contributed by atoms with Gasteiger partial charge in [-0.05, 0) is 42.9 Å². The van der Waals surface area contributed by atoms with Gasteiger partial charge in [0.1, 0.15) is 0 Å². The Hall–Kier alpha value is -1.77. The molecule has 0 spiro atoms.